The summed E-state index contributed by atoms with van der Waals surface area (Å²) >= 11 is 3.26. The second-order valence-corrected chi connectivity index (χ2v) is 6.22. The molecule has 1 aromatic heterocycles. The molecule has 0 bridgehead atoms. The van der Waals surface area contributed by atoms with Crippen LogP contribution < -0.4 is 15.4 Å². The highest BCUT2D eigenvalue weighted by atomic mass is 79.9. The van der Waals surface area contributed by atoms with E-state index in [-0.39, 0.29) is 5.82 Å². The van der Waals surface area contributed by atoms with Crippen molar-refractivity contribution in [2.24, 2.45) is 4.99 Å². The van der Waals surface area contributed by atoms with E-state index in [2.05, 4.69) is 36.5 Å². The third kappa shape index (κ3) is 7.09. The summed E-state index contributed by atoms with van der Waals surface area (Å²) in [5.41, 5.74) is 0.720. The van der Waals surface area contributed by atoms with Crippen LogP contribution in [0.1, 0.15) is 12.0 Å². The molecule has 0 fully saturated rings. The van der Waals surface area contributed by atoms with E-state index in [0.29, 0.717) is 32.1 Å². The number of hydrogen-bond donors (Lipinski definition) is 2. The number of aryl methyl sites for hydroxylation is 1. The molecule has 1 aromatic carbocycles. The molecular weight excluding hydrogens is 387 g/mol. The Hall–Kier alpha value is -2.15. The maximum absolute atomic E-state index is 13.7. The maximum atomic E-state index is 13.7. The Morgan fingerprint density at radius 1 is 1.28 bits per heavy atom. The van der Waals surface area contributed by atoms with E-state index in [1.54, 1.807) is 19.4 Å². The minimum absolute atomic E-state index is 0.176. The molecule has 1 heterocycles. The standard InChI is InChI=1S/C18H22BrFN4O/c1-21-18(24-10-11-25-16-5-3-8-22-13-16)23-9-2-4-14-6-7-15(19)12-17(14)20/h3,5-8,12-13H,2,4,9-11H2,1H3,(H2,21,23,24). The number of guanidine groups is 1. The fourth-order valence-electron chi connectivity index (χ4n) is 2.20. The van der Waals surface area contributed by atoms with Crippen molar-refractivity contribution < 1.29 is 9.13 Å². The van der Waals surface area contributed by atoms with E-state index < -0.39 is 0 Å². The van der Waals surface area contributed by atoms with E-state index in [4.69, 9.17) is 4.74 Å². The minimum Gasteiger partial charge on any atom is -0.490 e. The maximum Gasteiger partial charge on any atom is 0.191 e. The zero-order valence-electron chi connectivity index (χ0n) is 14.1. The van der Waals surface area contributed by atoms with Gasteiger partial charge in [-0.15, -0.1) is 0 Å². The lowest BCUT2D eigenvalue weighted by Crippen LogP contribution is -2.39. The Balaban J connectivity index is 1.61. The topological polar surface area (TPSA) is 58.5 Å². The van der Waals surface area contributed by atoms with Crippen LogP contribution in [-0.2, 0) is 6.42 Å². The van der Waals surface area contributed by atoms with Gasteiger partial charge in [-0.25, -0.2) is 4.39 Å². The van der Waals surface area contributed by atoms with E-state index in [0.717, 1.165) is 22.2 Å². The van der Waals surface area contributed by atoms with Crippen molar-refractivity contribution >= 4 is 21.9 Å². The Kier molecular flexibility index (Phi) is 8.18. The molecule has 0 atom stereocenters. The first-order chi connectivity index (χ1) is 12.2. The van der Waals surface area contributed by atoms with Crippen LogP contribution >= 0.6 is 15.9 Å². The molecule has 0 aliphatic rings. The van der Waals surface area contributed by atoms with Gasteiger partial charge in [-0.3, -0.25) is 9.98 Å². The van der Waals surface area contributed by atoms with Gasteiger partial charge in [0.25, 0.3) is 0 Å². The van der Waals surface area contributed by atoms with Crippen molar-refractivity contribution in [3.8, 4) is 5.75 Å². The molecule has 0 aliphatic carbocycles. The van der Waals surface area contributed by atoms with Gasteiger partial charge in [0, 0.05) is 24.3 Å². The van der Waals surface area contributed by atoms with Crippen LogP contribution in [0.3, 0.4) is 0 Å². The third-order valence-corrected chi connectivity index (χ3v) is 3.94. The van der Waals surface area contributed by atoms with Crippen LogP contribution in [0.25, 0.3) is 0 Å². The van der Waals surface area contributed by atoms with Crippen LogP contribution in [-0.4, -0.2) is 37.7 Å². The number of pyridine rings is 1. The van der Waals surface area contributed by atoms with Crippen molar-refractivity contribution in [3.05, 3.63) is 58.6 Å². The number of aliphatic imine (C=N–C) groups is 1. The fourth-order valence-corrected chi connectivity index (χ4v) is 2.53. The monoisotopic (exact) mass is 408 g/mol. The van der Waals surface area contributed by atoms with Crippen molar-refractivity contribution in [2.75, 3.05) is 26.7 Å². The van der Waals surface area contributed by atoms with E-state index in [9.17, 15) is 4.39 Å². The zero-order chi connectivity index (χ0) is 17.9. The summed E-state index contributed by atoms with van der Waals surface area (Å²) in [6, 6.07) is 8.85. The molecule has 2 N–H and O–H groups in total. The van der Waals surface area contributed by atoms with Crippen LogP contribution in [0, 0.1) is 5.82 Å². The number of benzene rings is 1. The summed E-state index contributed by atoms with van der Waals surface area (Å²) in [5.74, 6) is 1.26. The summed E-state index contributed by atoms with van der Waals surface area (Å²) in [4.78, 5) is 8.14. The minimum atomic E-state index is -0.176. The SMILES string of the molecule is CN=C(NCCCc1ccc(Br)cc1F)NCCOc1cccnc1. The lowest BCUT2D eigenvalue weighted by Gasteiger charge is -2.12. The quantitative estimate of drug-likeness (QED) is 0.400. The van der Waals surface area contributed by atoms with Crippen molar-refractivity contribution in [3.63, 3.8) is 0 Å². The second-order valence-electron chi connectivity index (χ2n) is 5.30. The molecule has 0 saturated carbocycles. The molecule has 25 heavy (non-hydrogen) atoms. The molecule has 0 radical (unpaired) electrons. The molecule has 5 nitrogen and oxygen atoms in total. The lowest BCUT2D eigenvalue weighted by molar-refractivity contribution is 0.320. The molecule has 2 aromatic rings. The normalized spacial score (nSPS) is 11.2. The molecule has 0 aliphatic heterocycles. The summed E-state index contributed by atoms with van der Waals surface area (Å²) in [5, 5.41) is 6.38. The van der Waals surface area contributed by atoms with Crippen molar-refractivity contribution in [1.82, 2.24) is 15.6 Å². The molecule has 0 saturated heterocycles. The highest BCUT2D eigenvalue weighted by molar-refractivity contribution is 9.10. The van der Waals surface area contributed by atoms with Gasteiger partial charge in [-0.2, -0.15) is 0 Å². The van der Waals surface area contributed by atoms with Gasteiger partial charge in [0.05, 0.1) is 12.7 Å². The first-order valence-electron chi connectivity index (χ1n) is 8.10. The molecule has 7 heteroatoms. The number of aromatic nitrogens is 1. The third-order valence-electron chi connectivity index (χ3n) is 3.45. The Morgan fingerprint density at radius 2 is 2.12 bits per heavy atom. The highest BCUT2D eigenvalue weighted by Crippen LogP contribution is 2.16. The smallest absolute Gasteiger partial charge is 0.191 e. The Morgan fingerprint density at radius 3 is 2.84 bits per heavy atom. The molecule has 0 spiro atoms. The second kappa shape index (κ2) is 10.7. The summed E-state index contributed by atoms with van der Waals surface area (Å²) in [7, 11) is 1.71. The Labute approximate surface area is 155 Å². The highest BCUT2D eigenvalue weighted by Gasteiger charge is 2.03. The predicted molar refractivity (Wildman–Crippen MR) is 102 cm³/mol. The predicted octanol–water partition coefficient (Wildman–Crippen LogP) is 3.16. The number of nitrogens with zero attached hydrogens (tertiary/aromatic N) is 2. The number of ether oxygens (including phenoxy) is 1. The van der Waals surface area contributed by atoms with Gasteiger partial charge in [0.2, 0.25) is 0 Å². The van der Waals surface area contributed by atoms with E-state index in [1.165, 1.54) is 6.07 Å². The van der Waals surface area contributed by atoms with Gasteiger partial charge >= 0.3 is 0 Å². The van der Waals surface area contributed by atoms with Crippen LogP contribution in [0.15, 0.2) is 52.2 Å². The fraction of sp³-hybridized carbons (Fsp3) is 0.333. The van der Waals surface area contributed by atoms with Crippen LogP contribution in [0.5, 0.6) is 5.75 Å². The molecule has 134 valence electrons. The van der Waals surface area contributed by atoms with Gasteiger partial charge in [0.15, 0.2) is 5.96 Å². The first kappa shape index (κ1) is 19.2. The van der Waals surface area contributed by atoms with Crippen molar-refractivity contribution in [1.29, 1.82) is 0 Å². The van der Waals surface area contributed by atoms with E-state index >= 15 is 0 Å². The molecule has 2 rings (SSSR count). The first-order valence-corrected chi connectivity index (χ1v) is 8.89. The lowest BCUT2D eigenvalue weighted by atomic mass is 10.1. The van der Waals surface area contributed by atoms with Gasteiger partial charge in [-0.1, -0.05) is 22.0 Å². The molecule has 0 amide bonds. The summed E-state index contributed by atoms with van der Waals surface area (Å²) in [6.07, 6.45) is 4.87. The van der Waals surface area contributed by atoms with Crippen LogP contribution in [0.4, 0.5) is 4.39 Å². The number of halogens is 2. The van der Waals surface area contributed by atoms with E-state index in [1.807, 2.05) is 24.3 Å². The van der Waals surface area contributed by atoms with Gasteiger partial charge in [-0.05, 0) is 42.7 Å². The van der Waals surface area contributed by atoms with Gasteiger partial charge in [0.1, 0.15) is 18.2 Å². The molecular formula is C18H22BrFN4O. The number of rotatable bonds is 8. The largest absolute Gasteiger partial charge is 0.490 e. The summed E-state index contributed by atoms with van der Waals surface area (Å²) in [6.45, 7) is 1.84. The Bertz CT molecular complexity index is 682. The van der Waals surface area contributed by atoms with Crippen molar-refractivity contribution in [2.45, 2.75) is 12.8 Å². The number of hydrogen-bond acceptors (Lipinski definition) is 3. The van der Waals surface area contributed by atoms with Gasteiger partial charge < -0.3 is 15.4 Å². The zero-order valence-corrected chi connectivity index (χ0v) is 15.7. The average molecular weight is 409 g/mol. The number of nitrogens with one attached hydrogen (secondary N) is 2. The average Bonchev–Trinajstić information content (AvgIpc) is 2.62. The molecule has 0 unspecified atom stereocenters. The van der Waals surface area contributed by atoms with Crippen LogP contribution in [0.2, 0.25) is 0 Å². The summed E-state index contributed by atoms with van der Waals surface area (Å²) < 4.78 is 20.1.